The van der Waals surface area contributed by atoms with Crippen LogP contribution < -0.4 is 5.43 Å². The molecule has 4 rings (SSSR count). The first-order chi connectivity index (χ1) is 12.4. The molecule has 0 aliphatic heterocycles. The summed E-state index contributed by atoms with van der Waals surface area (Å²) in [5, 5.41) is 9.10. The average Bonchev–Trinajstić information content (AvgIpc) is 3.41. The first kappa shape index (κ1) is 16.4. The van der Waals surface area contributed by atoms with E-state index in [4.69, 9.17) is 0 Å². The van der Waals surface area contributed by atoms with Gasteiger partial charge in [-0.05, 0) is 42.5 Å². The van der Waals surface area contributed by atoms with Crippen molar-refractivity contribution in [3.63, 3.8) is 0 Å². The number of hydrogen-bond acceptors (Lipinski definition) is 2. The average molecular weight is 359 g/mol. The predicted molar refractivity (Wildman–Crippen MR) is 88.4 cm³/mol. The van der Waals surface area contributed by atoms with Gasteiger partial charge in [-0.25, -0.2) is 18.0 Å². The van der Waals surface area contributed by atoms with Gasteiger partial charge in [-0.15, -0.1) is 0 Å². The maximum Gasteiger partial charge on any atom is 0.341 e. The summed E-state index contributed by atoms with van der Waals surface area (Å²) in [5.41, 5.74) is -1.54. The number of nitrogens with zero attached hydrogens (tertiary/aromatic N) is 1. The molecule has 0 spiro atoms. The number of hydrogen-bond donors (Lipinski definition) is 1. The van der Waals surface area contributed by atoms with E-state index in [0.717, 1.165) is 35.7 Å². The first-order valence-electron chi connectivity index (χ1n) is 7.95. The highest BCUT2D eigenvalue weighted by atomic mass is 19.1. The third-order valence-corrected chi connectivity index (χ3v) is 4.55. The molecule has 26 heavy (non-hydrogen) atoms. The number of carbonyl (C=O) groups is 1. The molecule has 1 N–H and O–H groups in total. The molecule has 1 aliphatic carbocycles. The van der Waals surface area contributed by atoms with E-state index in [9.17, 15) is 23.5 Å². The van der Waals surface area contributed by atoms with Crippen molar-refractivity contribution in [3.05, 3.63) is 75.3 Å². The van der Waals surface area contributed by atoms with Crippen molar-refractivity contribution in [1.29, 1.82) is 0 Å². The van der Waals surface area contributed by atoms with Crippen molar-refractivity contribution in [3.8, 4) is 5.69 Å². The Kier molecular flexibility index (Phi) is 3.61. The third-order valence-electron chi connectivity index (χ3n) is 4.55. The lowest BCUT2D eigenvalue weighted by Crippen LogP contribution is -2.20. The molecule has 1 aliphatic rings. The molecule has 1 fully saturated rings. The zero-order valence-electron chi connectivity index (χ0n) is 13.3. The molecule has 132 valence electrons. The molecule has 0 bridgehead atoms. The zero-order chi connectivity index (χ0) is 18.6. The molecule has 0 unspecified atom stereocenters. The van der Waals surface area contributed by atoms with Crippen molar-refractivity contribution in [1.82, 2.24) is 4.57 Å². The predicted octanol–water partition coefficient (Wildman–Crippen LogP) is 3.98. The number of aromatic nitrogens is 1. The molecule has 0 saturated heterocycles. The minimum atomic E-state index is -1.51. The quantitative estimate of drug-likeness (QED) is 0.769. The van der Waals surface area contributed by atoms with E-state index in [2.05, 4.69) is 0 Å². The molecule has 4 nitrogen and oxygen atoms in total. The first-order valence-corrected chi connectivity index (χ1v) is 7.95. The second-order valence-corrected chi connectivity index (χ2v) is 6.28. The lowest BCUT2D eigenvalue weighted by atomic mass is 10.0. The highest BCUT2D eigenvalue weighted by Crippen LogP contribution is 2.42. The van der Waals surface area contributed by atoms with Crippen molar-refractivity contribution < 1.29 is 23.1 Å². The van der Waals surface area contributed by atoms with E-state index in [1.165, 1.54) is 12.1 Å². The zero-order valence-corrected chi connectivity index (χ0v) is 13.3. The van der Waals surface area contributed by atoms with E-state index >= 15 is 4.39 Å². The van der Waals surface area contributed by atoms with Crippen molar-refractivity contribution >= 4 is 16.9 Å². The van der Waals surface area contributed by atoms with Gasteiger partial charge in [0, 0.05) is 17.6 Å². The van der Waals surface area contributed by atoms with Crippen LogP contribution in [0.4, 0.5) is 13.2 Å². The Hall–Kier alpha value is -3.09. The fourth-order valence-electron chi connectivity index (χ4n) is 3.12. The van der Waals surface area contributed by atoms with Crippen LogP contribution in [0.1, 0.15) is 34.7 Å². The minimum absolute atomic E-state index is 0.0279. The number of benzene rings is 2. The molecule has 0 radical (unpaired) electrons. The van der Waals surface area contributed by atoms with Gasteiger partial charge >= 0.3 is 5.97 Å². The van der Waals surface area contributed by atoms with Crippen LogP contribution in [0.3, 0.4) is 0 Å². The van der Waals surface area contributed by atoms with Gasteiger partial charge in [0.15, 0.2) is 5.82 Å². The standard InChI is InChI=1S/C19H12F3NO3/c20-10-3-6-15(14(21)7-10)23-8-13(19(25)26)18(24)12-5-4-11(9-1-2-9)16(22)17(12)23/h3-9H,1-2H2,(H,25,26). The molecule has 0 amide bonds. The van der Waals surface area contributed by atoms with Crippen molar-refractivity contribution in [2.75, 3.05) is 0 Å². The van der Waals surface area contributed by atoms with E-state index in [0.29, 0.717) is 11.6 Å². The van der Waals surface area contributed by atoms with E-state index in [1.54, 1.807) is 0 Å². The molecule has 1 saturated carbocycles. The Morgan fingerprint density at radius 3 is 2.46 bits per heavy atom. The largest absolute Gasteiger partial charge is 0.477 e. The van der Waals surface area contributed by atoms with E-state index in [1.807, 2.05) is 0 Å². The van der Waals surface area contributed by atoms with Crippen molar-refractivity contribution in [2.45, 2.75) is 18.8 Å². The lowest BCUT2D eigenvalue weighted by molar-refractivity contribution is 0.0695. The van der Waals surface area contributed by atoms with Crippen LogP contribution in [0.15, 0.2) is 41.3 Å². The molecule has 0 atom stereocenters. The van der Waals surface area contributed by atoms with Gasteiger partial charge in [0.1, 0.15) is 17.2 Å². The molecular weight excluding hydrogens is 347 g/mol. The summed E-state index contributed by atoms with van der Waals surface area (Å²) in [4.78, 5) is 23.8. The van der Waals surface area contributed by atoms with Gasteiger partial charge in [0.05, 0.1) is 11.2 Å². The molecule has 1 aromatic heterocycles. The summed E-state index contributed by atoms with van der Waals surface area (Å²) >= 11 is 0. The van der Waals surface area contributed by atoms with Crippen LogP contribution in [0.25, 0.3) is 16.6 Å². The Balaban J connectivity index is 2.15. The molecular formula is C19H12F3NO3. The van der Waals surface area contributed by atoms with Gasteiger partial charge in [-0.2, -0.15) is 0 Å². The van der Waals surface area contributed by atoms with Gasteiger partial charge in [-0.3, -0.25) is 4.79 Å². The Morgan fingerprint density at radius 2 is 1.85 bits per heavy atom. The number of pyridine rings is 1. The number of fused-ring (bicyclic) bond motifs is 1. The number of carboxylic acid groups (broad SMARTS) is 1. The second kappa shape index (κ2) is 5.72. The van der Waals surface area contributed by atoms with Crippen molar-refractivity contribution in [2.24, 2.45) is 0 Å². The maximum absolute atomic E-state index is 15.1. The molecule has 2 aromatic carbocycles. The fourth-order valence-corrected chi connectivity index (χ4v) is 3.12. The number of aromatic carboxylic acids is 1. The van der Waals surface area contributed by atoms with Gasteiger partial charge in [0.2, 0.25) is 5.43 Å². The monoisotopic (exact) mass is 359 g/mol. The van der Waals surface area contributed by atoms with E-state index in [-0.39, 0.29) is 22.5 Å². The fraction of sp³-hybridized carbons (Fsp3) is 0.158. The summed E-state index contributed by atoms with van der Waals surface area (Å²) in [5.74, 6) is -4.00. The minimum Gasteiger partial charge on any atom is -0.477 e. The van der Waals surface area contributed by atoms with Crippen LogP contribution in [0.2, 0.25) is 0 Å². The SMILES string of the molecule is O=C(O)c1cn(-c2ccc(F)cc2F)c2c(F)c(C3CC3)ccc2c1=O. The molecule has 1 heterocycles. The summed E-state index contributed by atoms with van der Waals surface area (Å²) in [6, 6.07) is 5.49. The van der Waals surface area contributed by atoms with Gasteiger partial charge in [-0.1, -0.05) is 6.07 Å². The van der Waals surface area contributed by atoms with Gasteiger partial charge in [0.25, 0.3) is 0 Å². The number of carboxylic acids is 1. The van der Waals surface area contributed by atoms with Crippen LogP contribution in [0, 0.1) is 17.5 Å². The smallest absolute Gasteiger partial charge is 0.341 e. The van der Waals surface area contributed by atoms with Gasteiger partial charge < -0.3 is 9.67 Å². The normalized spacial score (nSPS) is 14.0. The molecule has 3 aromatic rings. The number of rotatable bonds is 3. The lowest BCUT2D eigenvalue weighted by Gasteiger charge is -2.15. The Bertz CT molecular complexity index is 1130. The van der Waals surface area contributed by atoms with Crippen LogP contribution in [-0.2, 0) is 0 Å². The summed E-state index contributed by atoms with van der Waals surface area (Å²) in [7, 11) is 0. The highest BCUT2D eigenvalue weighted by Gasteiger charge is 2.29. The second-order valence-electron chi connectivity index (χ2n) is 6.28. The van der Waals surface area contributed by atoms with E-state index < -0.39 is 34.4 Å². The molecule has 7 heteroatoms. The Morgan fingerprint density at radius 1 is 1.12 bits per heavy atom. The summed E-state index contributed by atoms with van der Waals surface area (Å²) < 4.78 is 43.6. The Labute approximate surface area is 145 Å². The van der Waals surface area contributed by atoms with Crippen LogP contribution >= 0.6 is 0 Å². The van der Waals surface area contributed by atoms with Crippen LogP contribution in [-0.4, -0.2) is 15.6 Å². The summed E-state index contributed by atoms with van der Waals surface area (Å²) in [6.07, 6.45) is 2.50. The van der Waals surface area contributed by atoms with Crippen LogP contribution in [0.5, 0.6) is 0 Å². The topological polar surface area (TPSA) is 59.3 Å². The highest BCUT2D eigenvalue weighted by molar-refractivity contribution is 5.93. The number of halogens is 3. The maximum atomic E-state index is 15.1. The summed E-state index contributed by atoms with van der Waals surface area (Å²) in [6.45, 7) is 0. The third kappa shape index (κ3) is 2.47.